The molecule has 0 bridgehead atoms. The Balaban J connectivity index is 2.32. The van der Waals surface area contributed by atoms with Gasteiger partial charge in [0.05, 0.1) is 6.07 Å². The molecule has 0 atom stereocenters. The van der Waals surface area contributed by atoms with Crippen LogP contribution >= 0.6 is 0 Å². The van der Waals surface area contributed by atoms with Crippen molar-refractivity contribution in [1.82, 2.24) is 10.3 Å². The second-order valence-electron chi connectivity index (χ2n) is 3.71. The lowest BCUT2D eigenvalue weighted by molar-refractivity contribution is 0.0957. The molecule has 0 aliphatic heterocycles. The summed E-state index contributed by atoms with van der Waals surface area (Å²) in [6, 6.07) is 3.43. The maximum atomic E-state index is 11.6. The average Bonchev–Trinajstić information content (AvgIpc) is 2.71. The number of H-pyrrole nitrogens is 1. The highest BCUT2D eigenvalue weighted by atomic mass is 16.2. The number of aromatic amines is 1. The zero-order valence-electron chi connectivity index (χ0n) is 8.67. The highest BCUT2D eigenvalue weighted by Crippen LogP contribution is 2.18. The molecular weight excluding hydrogens is 206 g/mol. The monoisotopic (exact) mass is 217 g/mol. The number of hydrogen-bond acceptors (Lipinski definition) is 3. The van der Waals surface area contributed by atoms with E-state index in [1.165, 1.54) is 0 Å². The molecule has 82 valence electrons. The van der Waals surface area contributed by atoms with Crippen molar-refractivity contribution in [2.24, 2.45) is 0 Å². The molecule has 1 aliphatic rings. The molecule has 1 aromatic heterocycles. The molecule has 1 heterocycles. The van der Waals surface area contributed by atoms with E-state index in [2.05, 4.69) is 10.3 Å². The van der Waals surface area contributed by atoms with Crippen LogP contribution in [0.25, 0.3) is 0 Å². The second-order valence-corrected chi connectivity index (χ2v) is 3.71. The Morgan fingerprint density at radius 3 is 3.12 bits per heavy atom. The lowest BCUT2D eigenvalue weighted by Gasteiger charge is -2.03. The van der Waals surface area contributed by atoms with Crippen LogP contribution in [0.4, 0.5) is 0 Å². The number of nitriles is 1. The molecule has 1 aliphatic carbocycles. The molecule has 0 radical (unpaired) electrons. The van der Waals surface area contributed by atoms with Crippen molar-refractivity contribution in [3.63, 3.8) is 0 Å². The Hall–Kier alpha value is -2.09. The second kappa shape index (κ2) is 4.19. The number of pyridine rings is 1. The molecule has 0 saturated heterocycles. The van der Waals surface area contributed by atoms with Gasteiger partial charge in [0.15, 0.2) is 0 Å². The lowest BCUT2D eigenvalue weighted by Crippen LogP contribution is -2.30. The Bertz CT molecular complexity index is 525. The minimum absolute atomic E-state index is 0.0879. The molecule has 1 amide bonds. The summed E-state index contributed by atoms with van der Waals surface area (Å²) >= 11 is 0. The van der Waals surface area contributed by atoms with Gasteiger partial charge in [0, 0.05) is 5.69 Å². The molecule has 0 spiro atoms. The maximum Gasteiger partial charge on any atom is 0.261 e. The zero-order chi connectivity index (χ0) is 11.5. The Morgan fingerprint density at radius 2 is 2.38 bits per heavy atom. The number of aryl methyl sites for hydroxylation is 2. The standard InChI is InChI=1S/C11H11N3O2/c12-4-5-13-10(15)8-6-7-2-1-3-9(7)14-11(8)16/h6H,1-3,5H2,(H,13,15)(H,14,16). The van der Waals surface area contributed by atoms with Gasteiger partial charge in [0.1, 0.15) is 12.1 Å². The van der Waals surface area contributed by atoms with E-state index in [0.29, 0.717) is 0 Å². The van der Waals surface area contributed by atoms with Gasteiger partial charge < -0.3 is 10.3 Å². The van der Waals surface area contributed by atoms with Gasteiger partial charge in [-0.05, 0) is 30.9 Å². The van der Waals surface area contributed by atoms with Gasteiger partial charge in [-0.15, -0.1) is 0 Å². The summed E-state index contributed by atoms with van der Waals surface area (Å²) in [4.78, 5) is 25.8. The normalized spacial score (nSPS) is 12.9. The highest BCUT2D eigenvalue weighted by molar-refractivity contribution is 5.94. The number of hydrogen-bond donors (Lipinski definition) is 2. The molecule has 0 fully saturated rings. The molecule has 16 heavy (non-hydrogen) atoms. The lowest BCUT2D eigenvalue weighted by atomic mass is 10.1. The molecule has 0 aromatic carbocycles. The largest absolute Gasteiger partial charge is 0.339 e. The van der Waals surface area contributed by atoms with Crippen molar-refractivity contribution in [2.45, 2.75) is 19.3 Å². The third-order valence-corrected chi connectivity index (χ3v) is 2.66. The summed E-state index contributed by atoms with van der Waals surface area (Å²) in [5.41, 5.74) is 1.68. The fraction of sp³-hybridized carbons (Fsp3) is 0.364. The number of nitrogens with zero attached hydrogens (tertiary/aromatic N) is 1. The van der Waals surface area contributed by atoms with Gasteiger partial charge in [0.2, 0.25) is 0 Å². The number of fused-ring (bicyclic) bond motifs is 1. The molecular formula is C11H11N3O2. The third kappa shape index (κ3) is 1.82. The summed E-state index contributed by atoms with van der Waals surface area (Å²) in [6.45, 7) is -0.0879. The van der Waals surface area contributed by atoms with Gasteiger partial charge in [-0.25, -0.2) is 0 Å². The highest BCUT2D eigenvalue weighted by Gasteiger charge is 2.17. The summed E-state index contributed by atoms with van der Waals surface area (Å²) < 4.78 is 0. The van der Waals surface area contributed by atoms with E-state index < -0.39 is 5.91 Å². The van der Waals surface area contributed by atoms with Crippen LogP contribution < -0.4 is 10.9 Å². The van der Waals surface area contributed by atoms with E-state index in [9.17, 15) is 9.59 Å². The first kappa shape index (κ1) is 10.4. The quantitative estimate of drug-likeness (QED) is 0.690. The maximum absolute atomic E-state index is 11.6. The Morgan fingerprint density at radius 1 is 1.56 bits per heavy atom. The van der Waals surface area contributed by atoms with E-state index in [1.807, 2.05) is 0 Å². The Kier molecular flexibility index (Phi) is 2.73. The van der Waals surface area contributed by atoms with Crippen LogP contribution in [0, 0.1) is 11.3 Å². The van der Waals surface area contributed by atoms with E-state index >= 15 is 0 Å². The minimum Gasteiger partial charge on any atom is -0.339 e. The van der Waals surface area contributed by atoms with Gasteiger partial charge >= 0.3 is 0 Å². The first-order valence-electron chi connectivity index (χ1n) is 5.12. The first-order chi connectivity index (χ1) is 7.72. The number of carbonyl (C=O) groups is 1. The fourth-order valence-electron chi connectivity index (χ4n) is 1.90. The number of aromatic nitrogens is 1. The summed E-state index contributed by atoms with van der Waals surface area (Å²) in [5, 5.41) is 10.7. The topological polar surface area (TPSA) is 85.8 Å². The van der Waals surface area contributed by atoms with Gasteiger partial charge in [-0.2, -0.15) is 5.26 Å². The fourth-order valence-corrected chi connectivity index (χ4v) is 1.90. The number of rotatable bonds is 2. The van der Waals surface area contributed by atoms with Gasteiger partial charge in [-0.3, -0.25) is 9.59 Å². The van der Waals surface area contributed by atoms with Crippen molar-refractivity contribution < 1.29 is 4.79 Å². The molecule has 0 unspecified atom stereocenters. The van der Waals surface area contributed by atoms with E-state index in [-0.39, 0.29) is 17.7 Å². The van der Waals surface area contributed by atoms with Crippen LogP contribution in [0.5, 0.6) is 0 Å². The van der Waals surface area contributed by atoms with Gasteiger partial charge in [0.25, 0.3) is 11.5 Å². The van der Waals surface area contributed by atoms with Crippen molar-refractivity contribution in [3.05, 3.63) is 33.2 Å². The molecule has 1 aromatic rings. The number of amides is 1. The SMILES string of the molecule is N#CCNC(=O)c1cc2c([nH]c1=O)CCC2. The average molecular weight is 217 g/mol. The number of carbonyl (C=O) groups excluding carboxylic acids is 1. The van der Waals surface area contributed by atoms with Crippen molar-refractivity contribution >= 4 is 5.91 Å². The minimum atomic E-state index is -0.488. The third-order valence-electron chi connectivity index (χ3n) is 2.66. The molecule has 2 N–H and O–H groups in total. The smallest absolute Gasteiger partial charge is 0.261 e. The van der Waals surface area contributed by atoms with Crippen molar-refractivity contribution in [2.75, 3.05) is 6.54 Å². The number of nitrogens with one attached hydrogen (secondary N) is 2. The zero-order valence-corrected chi connectivity index (χ0v) is 8.67. The summed E-state index contributed by atoms with van der Waals surface area (Å²) in [5.74, 6) is -0.488. The van der Waals surface area contributed by atoms with Gasteiger partial charge in [-0.1, -0.05) is 0 Å². The Labute approximate surface area is 92.1 Å². The van der Waals surface area contributed by atoms with Crippen molar-refractivity contribution in [3.8, 4) is 6.07 Å². The van der Waals surface area contributed by atoms with Crippen LogP contribution in [0.3, 0.4) is 0 Å². The summed E-state index contributed by atoms with van der Waals surface area (Å²) in [6.07, 6.45) is 2.77. The van der Waals surface area contributed by atoms with E-state index in [4.69, 9.17) is 5.26 Å². The predicted octanol–water partition coefficient (Wildman–Crippen LogP) is 0.117. The van der Waals surface area contributed by atoms with Crippen molar-refractivity contribution in [1.29, 1.82) is 5.26 Å². The van der Waals surface area contributed by atoms with Crippen LogP contribution in [-0.4, -0.2) is 17.4 Å². The van der Waals surface area contributed by atoms with Crippen LogP contribution in [0.2, 0.25) is 0 Å². The predicted molar refractivity (Wildman–Crippen MR) is 57.0 cm³/mol. The molecule has 0 saturated carbocycles. The van der Waals surface area contributed by atoms with Crippen LogP contribution in [0.1, 0.15) is 28.0 Å². The molecule has 2 rings (SSSR count). The van der Waals surface area contributed by atoms with E-state index in [1.54, 1.807) is 12.1 Å². The van der Waals surface area contributed by atoms with Crippen LogP contribution in [-0.2, 0) is 12.8 Å². The molecule has 5 heteroatoms. The summed E-state index contributed by atoms with van der Waals surface area (Å²) in [7, 11) is 0. The van der Waals surface area contributed by atoms with Crippen LogP contribution in [0.15, 0.2) is 10.9 Å². The first-order valence-corrected chi connectivity index (χ1v) is 5.12. The van der Waals surface area contributed by atoms with E-state index in [0.717, 1.165) is 30.5 Å². The molecule has 5 nitrogen and oxygen atoms in total.